The Bertz CT molecular complexity index is 697. The van der Waals surface area contributed by atoms with Gasteiger partial charge in [-0.25, -0.2) is 10.8 Å². The number of thioether (sulfide) groups is 1. The maximum Gasteiger partial charge on any atom is 0.144 e. The molecule has 20 heavy (non-hydrogen) atoms. The van der Waals surface area contributed by atoms with Crippen LogP contribution in [0.5, 0.6) is 0 Å². The Labute approximate surface area is 121 Å². The second kappa shape index (κ2) is 5.98. The van der Waals surface area contributed by atoms with Crippen LogP contribution in [0.3, 0.4) is 0 Å². The summed E-state index contributed by atoms with van der Waals surface area (Å²) in [6.07, 6.45) is 1.69. The van der Waals surface area contributed by atoms with Crippen molar-refractivity contribution in [3.05, 3.63) is 60.1 Å². The number of benzene rings is 1. The molecule has 2 heterocycles. The van der Waals surface area contributed by atoms with Crippen LogP contribution >= 0.6 is 11.8 Å². The number of aromatic nitrogens is 1. The van der Waals surface area contributed by atoms with Crippen molar-refractivity contribution < 1.29 is 4.42 Å². The van der Waals surface area contributed by atoms with Gasteiger partial charge in [-0.15, -0.1) is 11.8 Å². The number of para-hydroxylation sites is 1. The van der Waals surface area contributed by atoms with Gasteiger partial charge in [0.15, 0.2) is 0 Å². The minimum absolute atomic E-state index is 0.732. The number of nitrogens with one attached hydrogen (secondary N) is 1. The van der Waals surface area contributed by atoms with Crippen LogP contribution in [0.2, 0.25) is 0 Å². The van der Waals surface area contributed by atoms with Gasteiger partial charge in [0, 0.05) is 16.7 Å². The van der Waals surface area contributed by atoms with E-state index in [-0.39, 0.29) is 0 Å². The molecule has 0 unspecified atom stereocenters. The summed E-state index contributed by atoms with van der Waals surface area (Å²) in [4.78, 5) is 4.54. The van der Waals surface area contributed by atoms with Gasteiger partial charge in [-0.2, -0.15) is 0 Å². The molecule has 102 valence electrons. The smallest absolute Gasteiger partial charge is 0.144 e. The summed E-state index contributed by atoms with van der Waals surface area (Å²) in [6, 6.07) is 14.0. The summed E-state index contributed by atoms with van der Waals surface area (Å²) in [5, 5.41) is 1.13. The highest BCUT2D eigenvalue weighted by Gasteiger charge is 2.06. The molecule has 4 nitrogen and oxygen atoms in total. The largest absolute Gasteiger partial charge is 0.468 e. The molecular weight excluding hydrogens is 270 g/mol. The van der Waals surface area contributed by atoms with E-state index in [1.54, 1.807) is 18.0 Å². The van der Waals surface area contributed by atoms with Gasteiger partial charge in [0.05, 0.1) is 17.5 Å². The van der Waals surface area contributed by atoms with Gasteiger partial charge >= 0.3 is 0 Å². The first kappa shape index (κ1) is 13.0. The van der Waals surface area contributed by atoms with Crippen molar-refractivity contribution in [1.82, 2.24) is 4.98 Å². The molecule has 0 aliphatic rings. The molecule has 2 aromatic heterocycles. The fraction of sp³-hybridized carbons (Fsp3) is 0.133. The summed E-state index contributed by atoms with van der Waals surface area (Å²) in [5.41, 5.74) is 4.73. The lowest BCUT2D eigenvalue weighted by Gasteiger charge is -2.09. The van der Waals surface area contributed by atoms with Gasteiger partial charge in [-0.1, -0.05) is 18.2 Å². The zero-order chi connectivity index (χ0) is 13.8. The van der Waals surface area contributed by atoms with Crippen LogP contribution in [0.15, 0.2) is 53.1 Å². The van der Waals surface area contributed by atoms with Crippen molar-refractivity contribution in [3.63, 3.8) is 0 Å². The third-order valence-electron chi connectivity index (χ3n) is 3.02. The average molecular weight is 285 g/mol. The first-order valence-electron chi connectivity index (χ1n) is 6.32. The molecule has 3 rings (SSSR count). The lowest BCUT2D eigenvalue weighted by Crippen LogP contribution is -2.11. The van der Waals surface area contributed by atoms with Crippen LogP contribution < -0.4 is 11.3 Å². The minimum Gasteiger partial charge on any atom is -0.468 e. The van der Waals surface area contributed by atoms with E-state index in [1.165, 1.54) is 0 Å². The summed E-state index contributed by atoms with van der Waals surface area (Å²) >= 11 is 1.77. The number of pyridine rings is 1. The van der Waals surface area contributed by atoms with Crippen molar-refractivity contribution in [2.45, 2.75) is 11.5 Å². The lowest BCUT2D eigenvalue weighted by atomic mass is 10.1. The molecule has 0 saturated carbocycles. The van der Waals surface area contributed by atoms with E-state index in [0.29, 0.717) is 0 Å². The molecule has 0 radical (unpaired) electrons. The third-order valence-corrected chi connectivity index (χ3v) is 4.03. The van der Waals surface area contributed by atoms with Crippen LogP contribution in [0.1, 0.15) is 11.3 Å². The highest BCUT2D eigenvalue weighted by Crippen LogP contribution is 2.25. The second-order valence-corrected chi connectivity index (χ2v) is 5.39. The van der Waals surface area contributed by atoms with E-state index >= 15 is 0 Å². The van der Waals surface area contributed by atoms with Crippen LogP contribution in [0.4, 0.5) is 5.82 Å². The normalized spacial score (nSPS) is 10.8. The maximum atomic E-state index is 5.57. The van der Waals surface area contributed by atoms with Crippen molar-refractivity contribution in [2.24, 2.45) is 5.84 Å². The van der Waals surface area contributed by atoms with E-state index in [0.717, 1.165) is 39.6 Å². The topological polar surface area (TPSA) is 64.1 Å². The molecule has 0 atom stereocenters. The van der Waals surface area contributed by atoms with E-state index in [2.05, 4.69) is 22.5 Å². The van der Waals surface area contributed by atoms with Crippen molar-refractivity contribution >= 4 is 28.5 Å². The van der Waals surface area contributed by atoms with Gasteiger partial charge in [-0.05, 0) is 24.3 Å². The first-order chi connectivity index (χ1) is 9.86. The number of hydrogen-bond donors (Lipinski definition) is 2. The molecular formula is C15H15N3OS. The van der Waals surface area contributed by atoms with Gasteiger partial charge < -0.3 is 9.84 Å². The van der Waals surface area contributed by atoms with Crippen molar-refractivity contribution in [2.75, 3.05) is 5.43 Å². The number of anilines is 1. The van der Waals surface area contributed by atoms with Crippen LogP contribution in [0, 0.1) is 0 Å². The summed E-state index contributed by atoms with van der Waals surface area (Å²) in [6.45, 7) is 0. The van der Waals surface area contributed by atoms with E-state index in [9.17, 15) is 0 Å². The van der Waals surface area contributed by atoms with Gasteiger partial charge in [0.1, 0.15) is 11.6 Å². The minimum atomic E-state index is 0.732. The molecule has 0 fully saturated rings. The Morgan fingerprint density at radius 1 is 1.15 bits per heavy atom. The van der Waals surface area contributed by atoms with Gasteiger partial charge in [-0.3, -0.25) is 0 Å². The standard InChI is InChI=1S/C15H15N3OS/c16-18-15-12(9-20-10-13-5-3-7-19-13)8-11-4-1-2-6-14(11)17-15/h1-8H,9-10,16H2,(H,17,18). The maximum absolute atomic E-state index is 5.57. The Balaban J connectivity index is 1.78. The molecule has 0 bridgehead atoms. The molecule has 0 aliphatic carbocycles. The molecule has 0 saturated heterocycles. The molecule has 0 amide bonds. The zero-order valence-corrected chi connectivity index (χ0v) is 11.7. The van der Waals surface area contributed by atoms with E-state index in [1.807, 2.05) is 30.3 Å². The quantitative estimate of drug-likeness (QED) is 0.554. The highest BCUT2D eigenvalue weighted by atomic mass is 32.2. The molecule has 0 aliphatic heterocycles. The molecule has 5 heteroatoms. The lowest BCUT2D eigenvalue weighted by molar-refractivity contribution is 0.530. The molecule has 3 aromatic rings. The number of nitrogens with two attached hydrogens (primary N) is 1. The van der Waals surface area contributed by atoms with Crippen LogP contribution in [-0.4, -0.2) is 4.98 Å². The predicted molar refractivity (Wildman–Crippen MR) is 83.3 cm³/mol. The second-order valence-electron chi connectivity index (χ2n) is 4.41. The Morgan fingerprint density at radius 3 is 2.85 bits per heavy atom. The molecule has 1 aromatic carbocycles. The van der Waals surface area contributed by atoms with E-state index in [4.69, 9.17) is 10.3 Å². The van der Waals surface area contributed by atoms with Gasteiger partial charge in [0.25, 0.3) is 0 Å². The van der Waals surface area contributed by atoms with Gasteiger partial charge in [0.2, 0.25) is 0 Å². The Kier molecular flexibility index (Phi) is 3.90. The fourth-order valence-corrected chi connectivity index (χ4v) is 2.96. The summed E-state index contributed by atoms with van der Waals surface area (Å²) in [5.74, 6) is 8.95. The number of hydrogen-bond acceptors (Lipinski definition) is 5. The average Bonchev–Trinajstić information content (AvgIpc) is 3.00. The Morgan fingerprint density at radius 2 is 2.05 bits per heavy atom. The zero-order valence-electron chi connectivity index (χ0n) is 10.9. The van der Waals surface area contributed by atoms with Crippen molar-refractivity contribution in [1.29, 1.82) is 0 Å². The number of rotatable bonds is 5. The monoisotopic (exact) mass is 285 g/mol. The highest BCUT2D eigenvalue weighted by molar-refractivity contribution is 7.97. The Hall–Kier alpha value is -1.98. The first-order valence-corrected chi connectivity index (χ1v) is 7.47. The summed E-state index contributed by atoms with van der Waals surface area (Å²) < 4.78 is 5.32. The molecule has 0 spiro atoms. The SMILES string of the molecule is NNc1nc2ccccc2cc1CSCc1ccco1. The predicted octanol–water partition coefficient (Wildman–Crippen LogP) is 3.55. The number of furan rings is 1. The van der Waals surface area contributed by atoms with E-state index < -0.39 is 0 Å². The number of hydrazine groups is 1. The van der Waals surface area contributed by atoms with Crippen LogP contribution in [0.25, 0.3) is 10.9 Å². The number of nitrogen functional groups attached to an aromatic ring is 1. The summed E-state index contributed by atoms with van der Waals surface area (Å²) in [7, 11) is 0. The number of fused-ring (bicyclic) bond motifs is 1. The number of nitrogens with zero attached hydrogens (tertiary/aromatic N) is 1. The fourth-order valence-electron chi connectivity index (χ4n) is 2.05. The third kappa shape index (κ3) is 2.79. The molecule has 3 N–H and O–H groups in total. The van der Waals surface area contributed by atoms with Crippen molar-refractivity contribution in [3.8, 4) is 0 Å². The van der Waals surface area contributed by atoms with Crippen LogP contribution in [-0.2, 0) is 11.5 Å².